The van der Waals surface area contributed by atoms with Gasteiger partial charge in [0, 0.05) is 5.70 Å². The van der Waals surface area contributed by atoms with Gasteiger partial charge in [-0.15, -0.1) is 0 Å². The van der Waals surface area contributed by atoms with Crippen molar-refractivity contribution in [3.63, 3.8) is 0 Å². The standard InChI is InChI=1S/C20H28N2O4/c1-5-7-16-17(19(23)26-13(3)4)18(22-20(24)21-16)14-8-10-15(11-9-14)25-12-6-2/h8-11,13,18H,5-7,12H2,1-4H3,(H2,21,22,24). The molecule has 2 rings (SSSR count). The summed E-state index contributed by atoms with van der Waals surface area (Å²) >= 11 is 0. The molecule has 2 N–H and O–H groups in total. The second-order valence-corrected chi connectivity index (χ2v) is 6.55. The van der Waals surface area contributed by atoms with Crippen LogP contribution in [-0.4, -0.2) is 24.7 Å². The van der Waals surface area contributed by atoms with E-state index in [0.717, 1.165) is 24.2 Å². The first-order valence-corrected chi connectivity index (χ1v) is 9.20. The molecule has 0 spiro atoms. The molecule has 6 nitrogen and oxygen atoms in total. The van der Waals surface area contributed by atoms with Crippen LogP contribution >= 0.6 is 0 Å². The molecule has 26 heavy (non-hydrogen) atoms. The molecule has 1 aromatic rings. The van der Waals surface area contributed by atoms with E-state index in [1.807, 2.05) is 52.0 Å². The Hall–Kier alpha value is -2.50. The first kappa shape index (κ1) is 19.8. The van der Waals surface area contributed by atoms with Crippen molar-refractivity contribution < 1.29 is 19.1 Å². The molecule has 2 amide bonds. The Bertz CT molecular complexity index is 665. The zero-order chi connectivity index (χ0) is 19.1. The summed E-state index contributed by atoms with van der Waals surface area (Å²) in [5.74, 6) is 0.354. The number of benzene rings is 1. The second kappa shape index (κ2) is 9.27. The summed E-state index contributed by atoms with van der Waals surface area (Å²) in [5, 5.41) is 5.60. The first-order valence-electron chi connectivity index (χ1n) is 9.20. The highest BCUT2D eigenvalue weighted by atomic mass is 16.5. The minimum Gasteiger partial charge on any atom is -0.494 e. The number of esters is 1. The van der Waals surface area contributed by atoms with Gasteiger partial charge in [-0.2, -0.15) is 0 Å². The Kier molecular flexibility index (Phi) is 7.06. The molecule has 0 saturated heterocycles. The summed E-state index contributed by atoms with van der Waals surface area (Å²) in [4.78, 5) is 24.8. The van der Waals surface area contributed by atoms with E-state index in [1.54, 1.807) is 0 Å². The predicted octanol–water partition coefficient (Wildman–Crippen LogP) is 3.84. The number of ether oxygens (including phenoxy) is 2. The van der Waals surface area contributed by atoms with Crippen LogP contribution in [0.25, 0.3) is 0 Å². The number of hydrogen-bond acceptors (Lipinski definition) is 4. The van der Waals surface area contributed by atoms with Gasteiger partial charge in [-0.25, -0.2) is 9.59 Å². The van der Waals surface area contributed by atoms with E-state index in [0.29, 0.717) is 24.3 Å². The molecule has 0 aliphatic carbocycles. The van der Waals surface area contributed by atoms with E-state index in [-0.39, 0.29) is 12.1 Å². The first-order chi connectivity index (χ1) is 12.5. The minimum atomic E-state index is -0.545. The number of carbonyl (C=O) groups excluding carboxylic acids is 2. The number of urea groups is 1. The molecule has 0 fully saturated rings. The van der Waals surface area contributed by atoms with E-state index in [9.17, 15) is 9.59 Å². The van der Waals surface area contributed by atoms with Crippen molar-refractivity contribution in [3.8, 4) is 5.75 Å². The highest BCUT2D eigenvalue weighted by Crippen LogP contribution is 2.30. The van der Waals surface area contributed by atoms with E-state index in [4.69, 9.17) is 9.47 Å². The average molecular weight is 360 g/mol. The molecule has 142 valence electrons. The molecule has 0 bridgehead atoms. The van der Waals surface area contributed by atoms with Crippen molar-refractivity contribution in [1.29, 1.82) is 0 Å². The lowest BCUT2D eigenvalue weighted by Crippen LogP contribution is -2.46. The second-order valence-electron chi connectivity index (χ2n) is 6.55. The molecule has 1 aliphatic heterocycles. The van der Waals surface area contributed by atoms with Gasteiger partial charge in [-0.3, -0.25) is 0 Å². The zero-order valence-electron chi connectivity index (χ0n) is 15.9. The average Bonchev–Trinajstić information content (AvgIpc) is 2.59. The van der Waals surface area contributed by atoms with Gasteiger partial charge in [0.2, 0.25) is 0 Å². The van der Waals surface area contributed by atoms with Crippen LogP contribution in [0.5, 0.6) is 5.75 Å². The van der Waals surface area contributed by atoms with Gasteiger partial charge in [0.1, 0.15) is 5.75 Å². The van der Waals surface area contributed by atoms with Crippen LogP contribution < -0.4 is 15.4 Å². The van der Waals surface area contributed by atoms with Crippen LogP contribution in [0.15, 0.2) is 35.5 Å². The highest BCUT2D eigenvalue weighted by Gasteiger charge is 2.33. The van der Waals surface area contributed by atoms with Crippen LogP contribution in [0.1, 0.15) is 58.6 Å². The lowest BCUT2D eigenvalue weighted by molar-refractivity contribution is -0.143. The van der Waals surface area contributed by atoms with Gasteiger partial charge in [-0.1, -0.05) is 32.4 Å². The van der Waals surface area contributed by atoms with Crippen LogP contribution in [0.2, 0.25) is 0 Å². The van der Waals surface area contributed by atoms with Gasteiger partial charge in [0.15, 0.2) is 0 Å². The summed E-state index contributed by atoms with van der Waals surface area (Å²) in [5.41, 5.74) is 1.90. The van der Waals surface area contributed by atoms with Crippen molar-refractivity contribution >= 4 is 12.0 Å². The predicted molar refractivity (Wildman–Crippen MR) is 99.8 cm³/mol. The molecule has 0 aromatic heterocycles. The zero-order valence-corrected chi connectivity index (χ0v) is 15.9. The SMILES string of the molecule is CCCOc1ccc(C2NC(=O)NC(CCC)=C2C(=O)OC(C)C)cc1. The number of nitrogens with one attached hydrogen (secondary N) is 2. The number of amides is 2. The Balaban J connectivity index is 2.37. The number of hydrogen-bond donors (Lipinski definition) is 2. The van der Waals surface area contributed by atoms with Gasteiger partial charge >= 0.3 is 12.0 Å². The summed E-state index contributed by atoms with van der Waals surface area (Å²) in [6, 6.07) is 6.58. The van der Waals surface area contributed by atoms with E-state index in [1.165, 1.54) is 0 Å². The fourth-order valence-corrected chi connectivity index (χ4v) is 2.81. The van der Waals surface area contributed by atoms with Crippen molar-refractivity contribution in [1.82, 2.24) is 10.6 Å². The van der Waals surface area contributed by atoms with Crippen LogP contribution in [0.3, 0.4) is 0 Å². The molecule has 1 unspecified atom stereocenters. The molecule has 0 radical (unpaired) electrons. The maximum absolute atomic E-state index is 12.7. The lowest BCUT2D eigenvalue weighted by atomic mass is 9.93. The fraction of sp³-hybridized carbons (Fsp3) is 0.500. The van der Waals surface area contributed by atoms with Gasteiger partial charge < -0.3 is 20.1 Å². The van der Waals surface area contributed by atoms with Gasteiger partial charge in [0.25, 0.3) is 0 Å². The third-order valence-corrected chi connectivity index (χ3v) is 3.90. The molecule has 1 heterocycles. The number of rotatable bonds is 8. The fourth-order valence-electron chi connectivity index (χ4n) is 2.81. The van der Waals surface area contributed by atoms with Crippen LogP contribution in [0.4, 0.5) is 4.79 Å². The molecular weight excluding hydrogens is 332 g/mol. The smallest absolute Gasteiger partial charge is 0.338 e. The Morgan fingerprint density at radius 1 is 1.15 bits per heavy atom. The Morgan fingerprint density at radius 3 is 2.42 bits per heavy atom. The molecule has 0 saturated carbocycles. The minimum absolute atomic E-state index is 0.235. The van der Waals surface area contributed by atoms with Crippen molar-refractivity contribution in [2.24, 2.45) is 0 Å². The maximum atomic E-state index is 12.7. The Morgan fingerprint density at radius 2 is 1.85 bits per heavy atom. The molecule has 1 atom stereocenters. The van der Waals surface area contributed by atoms with E-state index in [2.05, 4.69) is 10.6 Å². The molecule has 6 heteroatoms. The summed E-state index contributed by atoms with van der Waals surface area (Å²) in [6.07, 6.45) is 2.11. The molecule has 1 aromatic carbocycles. The topological polar surface area (TPSA) is 76.7 Å². The van der Waals surface area contributed by atoms with Gasteiger partial charge in [0.05, 0.1) is 24.3 Å². The highest BCUT2D eigenvalue weighted by molar-refractivity contribution is 5.95. The summed E-state index contributed by atoms with van der Waals surface area (Å²) < 4.78 is 11.0. The maximum Gasteiger partial charge on any atom is 0.338 e. The molecule has 1 aliphatic rings. The lowest BCUT2D eigenvalue weighted by Gasteiger charge is -2.30. The third-order valence-electron chi connectivity index (χ3n) is 3.90. The van der Waals surface area contributed by atoms with Crippen LogP contribution in [0, 0.1) is 0 Å². The number of allylic oxidation sites excluding steroid dienone is 1. The largest absolute Gasteiger partial charge is 0.494 e. The van der Waals surface area contributed by atoms with Crippen molar-refractivity contribution in [2.45, 2.75) is 59.1 Å². The summed E-state index contributed by atoms with van der Waals surface area (Å²) in [6.45, 7) is 8.31. The van der Waals surface area contributed by atoms with Crippen LogP contribution in [-0.2, 0) is 9.53 Å². The normalized spacial score (nSPS) is 17.0. The quantitative estimate of drug-likeness (QED) is 0.691. The summed E-state index contributed by atoms with van der Waals surface area (Å²) in [7, 11) is 0. The monoisotopic (exact) mass is 360 g/mol. The number of carbonyl (C=O) groups is 2. The van der Waals surface area contributed by atoms with Crippen molar-refractivity contribution in [2.75, 3.05) is 6.61 Å². The van der Waals surface area contributed by atoms with Crippen molar-refractivity contribution in [3.05, 3.63) is 41.1 Å². The molecular formula is C20H28N2O4. The van der Waals surface area contributed by atoms with Gasteiger partial charge in [-0.05, 0) is 44.4 Å². The Labute approximate surface area is 154 Å². The third kappa shape index (κ3) is 5.00. The van der Waals surface area contributed by atoms with E-state index < -0.39 is 12.0 Å². The van der Waals surface area contributed by atoms with E-state index >= 15 is 0 Å².